The number of amides is 1. The van der Waals surface area contributed by atoms with Crippen molar-refractivity contribution in [2.45, 2.75) is 58.8 Å². The lowest BCUT2D eigenvalue weighted by molar-refractivity contribution is -0.131. The third-order valence-corrected chi connectivity index (χ3v) is 5.24. The van der Waals surface area contributed by atoms with Crippen LogP contribution in [0.5, 0.6) is 0 Å². The number of rotatable bonds is 6. The fraction of sp³-hybridized carbons (Fsp3) is 0.933. The standard InChI is InChI=1S/C15H28N2O/c1-3-6-15(9-10-16-12-15)13(18)17-11-14(4-2)7-5-8-14/h16H,3-12H2,1-2H3,(H,17,18). The molecule has 1 atom stereocenters. The fourth-order valence-corrected chi connectivity index (χ4v) is 3.53. The molecule has 3 nitrogen and oxygen atoms in total. The Kier molecular flexibility index (Phi) is 4.31. The van der Waals surface area contributed by atoms with Gasteiger partial charge in [0.15, 0.2) is 0 Å². The molecule has 2 N–H and O–H groups in total. The molecule has 1 aliphatic heterocycles. The van der Waals surface area contributed by atoms with E-state index in [-0.39, 0.29) is 5.41 Å². The van der Waals surface area contributed by atoms with Crippen LogP contribution in [0, 0.1) is 10.8 Å². The molecule has 104 valence electrons. The van der Waals surface area contributed by atoms with Gasteiger partial charge in [-0.05, 0) is 44.1 Å². The quantitative estimate of drug-likeness (QED) is 0.762. The molecular weight excluding hydrogens is 224 g/mol. The number of nitrogens with one attached hydrogen (secondary N) is 2. The molecule has 18 heavy (non-hydrogen) atoms. The van der Waals surface area contributed by atoms with Crippen molar-refractivity contribution < 1.29 is 4.79 Å². The smallest absolute Gasteiger partial charge is 0.227 e. The Morgan fingerprint density at radius 2 is 2.06 bits per heavy atom. The topological polar surface area (TPSA) is 41.1 Å². The summed E-state index contributed by atoms with van der Waals surface area (Å²) in [6, 6.07) is 0. The van der Waals surface area contributed by atoms with Crippen molar-refractivity contribution in [2.75, 3.05) is 19.6 Å². The van der Waals surface area contributed by atoms with Gasteiger partial charge in [-0.15, -0.1) is 0 Å². The second-order valence-electron chi connectivity index (χ2n) is 6.35. The highest BCUT2D eigenvalue weighted by molar-refractivity contribution is 5.83. The Hall–Kier alpha value is -0.570. The van der Waals surface area contributed by atoms with Crippen molar-refractivity contribution in [1.29, 1.82) is 0 Å². The van der Waals surface area contributed by atoms with Crippen LogP contribution in [0.2, 0.25) is 0 Å². The molecule has 1 saturated heterocycles. The monoisotopic (exact) mass is 252 g/mol. The normalized spacial score (nSPS) is 29.9. The molecule has 2 aliphatic rings. The maximum atomic E-state index is 12.5. The van der Waals surface area contributed by atoms with Crippen molar-refractivity contribution >= 4 is 5.91 Å². The molecule has 1 heterocycles. The molecule has 1 saturated carbocycles. The van der Waals surface area contributed by atoms with E-state index >= 15 is 0 Å². The summed E-state index contributed by atoms with van der Waals surface area (Å²) >= 11 is 0. The minimum atomic E-state index is -0.118. The zero-order chi connectivity index (χ0) is 13.1. The summed E-state index contributed by atoms with van der Waals surface area (Å²) in [5.74, 6) is 0.300. The fourth-order valence-electron chi connectivity index (χ4n) is 3.53. The van der Waals surface area contributed by atoms with Crippen molar-refractivity contribution in [3.8, 4) is 0 Å². The number of carbonyl (C=O) groups excluding carboxylic acids is 1. The Labute approximate surface area is 111 Å². The lowest BCUT2D eigenvalue weighted by Crippen LogP contribution is -2.48. The highest BCUT2D eigenvalue weighted by Gasteiger charge is 2.42. The Morgan fingerprint density at radius 3 is 2.50 bits per heavy atom. The molecule has 2 rings (SSSR count). The van der Waals surface area contributed by atoms with Crippen LogP contribution >= 0.6 is 0 Å². The van der Waals surface area contributed by atoms with Gasteiger partial charge in [-0.25, -0.2) is 0 Å². The van der Waals surface area contributed by atoms with Crippen LogP contribution in [-0.4, -0.2) is 25.5 Å². The van der Waals surface area contributed by atoms with E-state index in [1.807, 2.05) is 0 Å². The molecule has 1 amide bonds. The van der Waals surface area contributed by atoms with E-state index in [9.17, 15) is 4.79 Å². The van der Waals surface area contributed by atoms with E-state index < -0.39 is 0 Å². The van der Waals surface area contributed by atoms with Crippen molar-refractivity contribution in [3.05, 3.63) is 0 Å². The number of hydrogen-bond donors (Lipinski definition) is 2. The van der Waals surface area contributed by atoms with E-state index in [2.05, 4.69) is 24.5 Å². The summed E-state index contributed by atoms with van der Waals surface area (Å²) in [7, 11) is 0. The van der Waals surface area contributed by atoms with Gasteiger partial charge in [0.05, 0.1) is 5.41 Å². The molecular formula is C15H28N2O. The summed E-state index contributed by atoms with van der Waals surface area (Å²) in [5, 5.41) is 6.62. The molecule has 0 aromatic heterocycles. The maximum Gasteiger partial charge on any atom is 0.227 e. The van der Waals surface area contributed by atoms with Crippen LogP contribution in [0.1, 0.15) is 58.8 Å². The van der Waals surface area contributed by atoms with Crippen LogP contribution in [0.15, 0.2) is 0 Å². The van der Waals surface area contributed by atoms with Gasteiger partial charge < -0.3 is 10.6 Å². The van der Waals surface area contributed by atoms with Crippen LogP contribution in [-0.2, 0) is 4.79 Å². The van der Waals surface area contributed by atoms with Gasteiger partial charge in [0.25, 0.3) is 0 Å². The molecule has 0 aromatic carbocycles. The van der Waals surface area contributed by atoms with Gasteiger partial charge in [-0.2, -0.15) is 0 Å². The zero-order valence-corrected chi connectivity index (χ0v) is 12.0. The molecule has 0 aromatic rings. The van der Waals surface area contributed by atoms with E-state index in [1.165, 1.54) is 25.7 Å². The summed E-state index contributed by atoms with van der Waals surface area (Å²) in [6.45, 7) is 7.18. The maximum absolute atomic E-state index is 12.5. The summed E-state index contributed by atoms with van der Waals surface area (Å²) < 4.78 is 0. The predicted molar refractivity (Wildman–Crippen MR) is 74.4 cm³/mol. The highest BCUT2D eigenvalue weighted by atomic mass is 16.2. The van der Waals surface area contributed by atoms with Crippen LogP contribution in [0.4, 0.5) is 0 Å². The molecule has 2 fully saturated rings. The van der Waals surface area contributed by atoms with Crippen LogP contribution in [0.25, 0.3) is 0 Å². The van der Waals surface area contributed by atoms with E-state index in [4.69, 9.17) is 0 Å². The van der Waals surface area contributed by atoms with Gasteiger partial charge >= 0.3 is 0 Å². The lowest BCUT2D eigenvalue weighted by atomic mass is 9.67. The van der Waals surface area contributed by atoms with E-state index in [0.717, 1.165) is 38.9 Å². The average molecular weight is 252 g/mol. The Morgan fingerprint density at radius 1 is 1.28 bits per heavy atom. The largest absolute Gasteiger partial charge is 0.355 e. The van der Waals surface area contributed by atoms with E-state index in [0.29, 0.717) is 11.3 Å². The first-order valence-electron chi connectivity index (χ1n) is 7.65. The van der Waals surface area contributed by atoms with Crippen molar-refractivity contribution in [3.63, 3.8) is 0 Å². The van der Waals surface area contributed by atoms with Crippen LogP contribution < -0.4 is 10.6 Å². The second kappa shape index (κ2) is 5.60. The Balaban J connectivity index is 1.89. The third kappa shape index (κ3) is 2.56. The van der Waals surface area contributed by atoms with Gasteiger partial charge in [0, 0.05) is 13.1 Å². The van der Waals surface area contributed by atoms with E-state index in [1.54, 1.807) is 0 Å². The molecule has 0 bridgehead atoms. The first kappa shape index (κ1) is 13.9. The van der Waals surface area contributed by atoms with Crippen molar-refractivity contribution in [2.24, 2.45) is 10.8 Å². The number of carbonyl (C=O) groups is 1. The van der Waals surface area contributed by atoms with Crippen molar-refractivity contribution in [1.82, 2.24) is 10.6 Å². The molecule has 3 heteroatoms. The first-order valence-corrected chi connectivity index (χ1v) is 7.65. The zero-order valence-electron chi connectivity index (χ0n) is 12.0. The highest BCUT2D eigenvalue weighted by Crippen LogP contribution is 2.43. The van der Waals surface area contributed by atoms with Crippen LogP contribution in [0.3, 0.4) is 0 Å². The lowest BCUT2D eigenvalue weighted by Gasteiger charge is -2.42. The molecule has 0 spiro atoms. The summed E-state index contributed by atoms with van der Waals surface area (Å²) in [5.41, 5.74) is 0.308. The SMILES string of the molecule is CCCC1(C(=O)NCC2(CC)CCC2)CCNC1. The molecule has 1 unspecified atom stereocenters. The van der Waals surface area contributed by atoms with Gasteiger partial charge in [-0.1, -0.05) is 26.7 Å². The summed E-state index contributed by atoms with van der Waals surface area (Å²) in [6.07, 6.45) is 8.24. The minimum absolute atomic E-state index is 0.118. The van der Waals surface area contributed by atoms with Gasteiger partial charge in [-0.3, -0.25) is 4.79 Å². The molecule has 0 radical (unpaired) electrons. The molecule has 1 aliphatic carbocycles. The first-order chi connectivity index (χ1) is 8.66. The summed E-state index contributed by atoms with van der Waals surface area (Å²) in [4.78, 5) is 12.5. The third-order valence-electron chi connectivity index (χ3n) is 5.24. The average Bonchev–Trinajstić information content (AvgIpc) is 2.78. The minimum Gasteiger partial charge on any atom is -0.355 e. The second-order valence-corrected chi connectivity index (χ2v) is 6.35. The predicted octanol–water partition coefficient (Wildman–Crippen LogP) is 2.46. The van der Waals surface area contributed by atoms with Gasteiger partial charge in [0.2, 0.25) is 5.91 Å². The number of hydrogen-bond acceptors (Lipinski definition) is 2. The Bertz CT molecular complexity index is 285. The van der Waals surface area contributed by atoms with Gasteiger partial charge in [0.1, 0.15) is 0 Å².